The summed E-state index contributed by atoms with van der Waals surface area (Å²) >= 11 is 31.6. The molecule has 8 heterocycles. The number of anilines is 5. The monoisotopic (exact) mass is 1710 g/mol. The molecule has 12 rings (SSSR count). The zero-order chi connectivity index (χ0) is 86.7. The highest BCUT2D eigenvalue weighted by molar-refractivity contribution is 6.35. The third-order valence-electron chi connectivity index (χ3n) is 19.7. The average Bonchev–Trinajstić information content (AvgIpc) is 0.827. The van der Waals surface area contributed by atoms with E-state index in [1.165, 1.54) is 11.1 Å². The molecule has 0 saturated carbocycles. The van der Waals surface area contributed by atoms with Crippen molar-refractivity contribution in [3.63, 3.8) is 0 Å². The van der Waals surface area contributed by atoms with E-state index in [2.05, 4.69) is 39.9 Å². The number of Topliss-reactive ketones (excluding diaryl/α,β-unsaturated/α-hetero) is 4. The number of nitrogens with zero attached hydrogens (tertiary/aromatic N) is 12. The summed E-state index contributed by atoms with van der Waals surface area (Å²) in [6.07, 6.45) is 17.6. The van der Waals surface area contributed by atoms with E-state index in [0.29, 0.717) is 146 Å². The molecule has 0 atom stereocenters. The molecule has 4 amide bonds. The lowest BCUT2D eigenvalue weighted by molar-refractivity contribution is -0.118. The number of rotatable bonds is 28. The number of benzene rings is 4. The van der Waals surface area contributed by atoms with Gasteiger partial charge in [-0.1, -0.05) is 158 Å². The van der Waals surface area contributed by atoms with E-state index >= 15 is 0 Å². The van der Waals surface area contributed by atoms with Crippen molar-refractivity contribution >= 4 is 133 Å². The first-order chi connectivity index (χ1) is 57.6. The number of halogens is 6. The molecule has 4 aromatic carbocycles. The van der Waals surface area contributed by atoms with Gasteiger partial charge in [-0.3, -0.25) is 63.3 Å². The summed E-state index contributed by atoms with van der Waals surface area (Å²) in [6.45, 7) is 9.16. The summed E-state index contributed by atoms with van der Waals surface area (Å²) in [6, 6.07) is 50.4. The Balaban J connectivity index is 0.000000182. The fraction of sp³-hybridized carbons (Fsp3) is 0.226. The zero-order valence-corrected chi connectivity index (χ0v) is 71.5. The molecule has 0 aliphatic rings. The number of carbonyl (C=O) groups excluding carboxylic acids is 8. The minimum absolute atomic E-state index is 0.00196. The van der Waals surface area contributed by atoms with E-state index in [1.807, 2.05) is 98.8 Å². The topological polar surface area (TPSA) is 279 Å². The maximum Gasteiger partial charge on any atom is 0.226 e. The van der Waals surface area contributed by atoms with Gasteiger partial charge in [0, 0.05) is 163 Å². The Labute approximate surface area is 722 Å². The number of hydrogen-bond donors (Lipinski definition) is 1. The molecule has 616 valence electrons. The van der Waals surface area contributed by atoms with Crippen molar-refractivity contribution in [2.75, 3.05) is 53.5 Å². The summed E-state index contributed by atoms with van der Waals surface area (Å²) < 4.78 is 13.6. The molecule has 0 bridgehead atoms. The van der Waals surface area contributed by atoms with Gasteiger partial charge in [-0.25, -0.2) is 15.0 Å². The molecular weight excluding hydrogens is 1620 g/mol. The Morgan fingerprint density at radius 2 is 0.592 bits per heavy atom. The van der Waals surface area contributed by atoms with Crippen LogP contribution < -0.4 is 25.3 Å². The van der Waals surface area contributed by atoms with Crippen molar-refractivity contribution in [2.45, 2.75) is 112 Å². The quantitative estimate of drug-likeness (QED) is 0.0352. The second-order valence-corrected chi connectivity index (χ2v) is 29.5. The van der Waals surface area contributed by atoms with E-state index < -0.39 is 5.95 Å². The van der Waals surface area contributed by atoms with Crippen LogP contribution in [0.4, 0.5) is 33.0 Å². The van der Waals surface area contributed by atoms with Gasteiger partial charge < -0.3 is 25.3 Å². The molecule has 0 saturated heterocycles. The molecule has 0 aliphatic heterocycles. The van der Waals surface area contributed by atoms with Crippen LogP contribution >= 0.6 is 58.0 Å². The van der Waals surface area contributed by atoms with Crippen molar-refractivity contribution in [3.05, 3.63) is 301 Å². The fourth-order valence-electron chi connectivity index (χ4n) is 12.4. The average molecular weight is 1710 g/mol. The van der Waals surface area contributed by atoms with Crippen molar-refractivity contribution < 1.29 is 42.7 Å². The molecule has 12 aromatic rings. The van der Waals surface area contributed by atoms with Crippen LogP contribution in [0, 0.1) is 12.9 Å². The molecule has 2 N–H and O–H groups in total. The Hall–Kier alpha value is -12.2. The molecule has 0 spiro atoms. The fourth-order valence-corrected chi connectivity index (χ4v) is 13.8. The number of aromatic nitrogens is 8. The lowest BCUT2D eigenvalue weighted by atomic mass is 10.0. The summed E-state index contributed by atoms with van der Waals surface area (Å²) in [5.74, 6) is -0.455. The zero-order valence-electron chi connectivity index (χ0n) is 67.7. The third kappa shape index (κ3) is 25.0. The maximum atomic E-state index is 13.6. The molecule has 0 unspecified atom stereocenters. The van der Waals surface area contributed by atoms with Crippen LogP contribution in [0.5, 0.6) is 0 Å². The number of aryl methyl sites for hydroxylation is 5. The van der Waals surface area contributed by atoms with Gasteiger partial charge in [0.2, 0.25) is 29.6 Å². The van der Waals surface area contributed by atoms with Crippen molar-refractivity contribution in [3.8, 4) is 44.5 Å². The lowest BCUT2D eigenvalue weighted by Gasteiger charge is -2.18. The highest BCUT2D eigenvalue weighted by Gasteiger charge is 2.21. The van der Waals surface area contributed by atoms with Crippen LogP contribution in [0.1, 0.15) is 149 Å². The van der Waals surface area contributed by atoms with Gasteiger partial charge in [0.1, 0.15) is 33.7 Å². The second kappa shape index (κ2) is 44.6. The van der Waals surface area contributed by atoms with Crippen LogP contribution in [-0.4, -0.2) is 115 Å². The van der Waals surface area contributed by atoms with Gasteiger partial charge in [0.05, 0.1) is 42.8 Å². The Kier molecular flexibility index (Phi) is 34.1. The van der Waals surface area contributed by atoms with Crippen LogP contribution in [0.15, 0.2) is 219 Å². The Bertz CT molecular complexity index is 4960. The van der Waals surface area contributed by atoms with Crippen LogP contribution in [0.3, 0.4) is 0 Å². The summed E-state index contributed by atoms with van der Waals surface area (Å²) in [5.41, 5.74) is 20.8. The van der Waals surface area contributed by atoms with E-state index in [9.17, 15) is 42.7 Å². The third-order valence-corrected chi connectivity index (χ3v) is 21.2. The van der Waals surface area contributed by atoms with Crippen molar-refractivity contribution in [1.29, 1.82) is 0 Å². The molecule has 0 aliphatic carbocycles. The van der Waals surface area contributed by atoms with Crippen LogP contribution in [0.2, 0.25) is 25.2 Å². The standard InChI is InChI=1S/C24H24ClN3O2.C23H21Cl2N3O2.C23H21ClFN3O2.C23H23ClN4O2/c1-4-24(30)28(3)22-11-8-18(14-20(22)25)19-7-10-21(27-15-19)23(29)12-9-17-6-5-13-26-16(17)2;3*1-3-22(30)28(2)20-10-7-16(13-18(20)24)17-6-9-19(27-14-17)21(29)11-8-15-5-4-12-26-23(15)25/h5-8,10-11,13-15H,4,9,12H2,1-3H3;2*4-7,9-10,12-14H,3,8,11H2,1-2H3;4-7,9-10,12-14H,3,8,11H2,1-2H3,(H2,25,26). The predicted molar refractivity (Wildman–Crippen MR) is 475 cm³/mol. The summed E-state index contributed by atoms with van der Waals surface area (Å²) in [7, 11) is 6.80. The number of hydrogen-bond acceptors (Lipinski definition) is 17. The predicted octanol–water partition coefficient (Wildman–Crippen LogP) is 20.6. The number of ketones is 4. The summed E-state index contributed by atoms with van der Waals surface area (Å²) in [4.78, 5) is 137. The van der Waals surface area contributed by atoms with E-state index in [-0.39, 0.29) is 59.6 Å². The highest BCUT2D eigenvalue weighted by Crippen LogP contribution is 2.36. The molecule has 21 nitrogen and oxygen atoms in total. The second-order valence-electron chi connectivity index (χ2n) is 27.5. The molecule has 120 heavy (non-hydrogen) atoms. The first-order valence-electron chi connectivity index (χ1n) is 38.6. The van der Waals surface area contributed by atoms with Gasteiger partial charge in [-0.05, 0) is 169 Å². The van der Waals surface area contributed by atoms with E-state index in [1.54, 1.807) is 192 Å². The highest BCUT2D eigenvalue weighted by atomic mass is 35.5. The number of carbonyl (C=O) groups is 8. The first-order valence-corrected chi connectivity index (χ1v) is 40.5. The van der Waals surface area contributed by atoms with E-state index in [4.69, 9.17) is 63.7 Å². The van der Waals surface area contributed by atoms with Gasteiger partial charge >= 0.3 is 0 Å². The normalized spacial score (nSPS) is 10.7. The van der Waals surface area contributed by atoms with E-state index in [0.717, 1.165) is 66.9 Å². The molecule has 0 fully saturated rings. The SMILES string of the molecule is CCC(=O)N(C)c1ccc(-c2ccc(C(=O)CCc3cccnc3C)nc2)cc1Cl.CCC(=O)N(C)c1ccc(-c2ccc(C(=O)CCc3cccnc3Cl)nc2)cc1Cl.CCC(=O)N(C)c1ccc(-c2ccc(C(=O)CCc3cccnc3F)nc2)cc1Cl.CCC(=O)N(C)c1ccc(-c2ccc(C(=O)CCc3cccnc3N)nc2)cc1Cl. The van der Waals surface area contributed by atoms with Crippen LogP contribution in [-0.2, 0) is 44.9 Å². The smallest absolute Gasteiger partial charge is 0.226 e. The van der Waals surface area contributed by atoms with Gasteiger partial charge in [-0.2, -0.15) is 4.39 Å². The number of nitrogens with two attached hydrogens (primary N) is 1. The minimum atomic E-state index is -0.555. The number of amides is 4. The number of pyridine rings is 8. The van der Waals surface area contributed by atoms with Crippen molar-refractivity contribution in [1.82, 2.24) is 39.9 Å². The molecule has 27 heteroatoms. The first kappa shape index (κ1) is 91.7. The maximum absolute atomic E-state index is 13.6. The summed E-state index contributed by atoms with van der Waals surface area (Å²) in [5, 5.41) is 2.32. The Morgan fingerprint density at radius 3 is 0.875 bits per heavy atom. The minimum Gasteiger partial charge on any atom is -0.383 e. The largest absolute Gasteiger partial charge is 0.383 e. The van der Waals surface area contributed by atoms with Gasteiger partial charge in [0.15, 0.2) is 23.1 Å². The van der Waals surface area contributed by atoms with Gasteiger partial charge in [0.25, 0.3) is 0 Å². The van der Waals surface area contributed by atoms with Crippen LogP contribution in [0.25, 0.3) is 44.5 Å². The Morgan fingerprint density at radius 1 is 0.325 bits per heavy atom. The van der Waals surface area contributed by atoms with Crippen molar-refractivity contribution in [2.24, 2.45) is 0 Å². The van der Waals surface area contributed by atoms with Gasteiger partial charge in [-0.15, -0.1) is 0 Å². The molecule has 0 radical (unpaired) electrons. The lowest BCUT2D eigenvalue weighted by Crippen LogP contribution is -2.25. The molecule has 8 aromatic heterocycles. The number of nitrogen functional groups attached to an aromatic ring is 1. The molecular formula is C93H89Cl5FN13O8.